The number of carboxylic acid groups (broad SMARTS) is 1. The Morgan fingerprint density at radius 2 is 2.30 bits per heavy atom. The van der Waals surface area contributed by atoms with Crippen molar-refractivity contribution in [2.24, 2.45) is 0 Å². The highest BCUT2D eigenvalue weighted by Gasteiger charge is 2.28. The molecule has 1 aromatic heterocycles. The zero-order valence-corrected chi connectivity index (χ0v) is 10.6. The number of hydrogen-bond acceptors (Lipinski definition) is 3. The van der Waals surface area contributed by atoms with Gasteiger partial charge in [0.05, 0.1) is 18.4 Å². The zero-order valence-electron chi connectivity index (χ0n) is 10.6. The topological polar surface area (TPSA) is 137 Å². The molecule has 3 rings (SSSR count). The van der Waals surface area contributed by atoms with Gasteiger partial charge in [0.1, 0.15) is 5.69 Å². The van der Waals surface area contributed by atoms with Crippen molar-refractivity contribution in [3.05, 3.63) is 47.0 Å². The van der Waals surface area contributed by atoms with E-state index in [0.29, 0.717) is 5.56 Å². The number of aromatic amines is 1. The SMILES string of the molecule is O.O=C(O)c1cccc([C@@H]2[NH2+]CCc3[nH]cnc32)c1[O-]. The van der Waals surface area contributed by atoms with E-state index in [1.165, 1.54) is 6.07 Å². The van der Waals surface area contributed by atoms with Gasteiger partial charge in [-0.25, -0.2) is 9.78 Å². The number of nitrogens with two attached hydrogens (primary N) is 1. The number of H-pyrrole nitrogens is 1. The Labute approximate surface area is 114 Å². The Morgan fingerprint density at radius 1 is 1.50 bits per heavy atom. The van der Waals surface area contributed by atoms with E-state index in [0.717, 1.165) is 24.4 Å². The Bertz CT molecular complexity index is 638. The molecule has 0 spiro atoms. The van der Waals surface area contributed by atoms with Crippen LogP contribution in [0.15, 0.2) is 24.5 Å². The molecule has 1 aliphatic rings. The summed E-state index contributed by atoms with van der Waals surface area (Å²) in [4.78, 5) is 18.3. The van der Waals surface area contributed by atoms with Crippen LogP contribution in [0.3, 0.4) is 0 Å². The third-order valence-electron chi connectivity index (χ3n) is 3.45. The van der Waals surface area contributed by atoms with E-state index in [2.05, 4.69) is 9.97 Å². The number of aromatic carboxylic acids is 1. The summed E-state index contributed by atoms with van der Waals surface area (Å²) >= 11 is 0. The first-order valence-electron chi connectivity index (χ1n) is 6.07. The van der Waals surface area contributed by atoms with Gasteiger partial charge in [0.25, 0.3) is 0 Å². The maximum Gasteiger partial charge on any atom is 0.335 e. The lowest BCUT2D eigenvalue weighted by molar-refractivity contribution is -0.691. The lowest BCUT2D eigenvalue weighted by atomic mass is 9.95. The highest BCUT2D eigenvalue weighted by molar-refractivity contribution is 5.91. The van der Waals surface area contributed by atoms with Gasteiger partial charge in [0, 0.05) is 17.7 Å². The number of nitrogens with zero attached hydrogens (tertiary/aromatic N) is 1. The van der Waals surface area contributed by atoms with Crippen molar-refractivity contribution in [1.29, 1.82) is 0 Å². The fraction of sp³-hybridized carbons (Fsp3) is 0.231. The normalized spacial score (nSPS) is 17.1. The van der Waals surface area contributed by atoms with Gasteiger partial charge in [-0.15, -0.1) is 0 Å². The first-order valence-corrected chi connectivity index (χ1v) is 6.07. The monoisotopic (exact) mass is 277 g/mol. The van der Waals surface area contributed by atoms with Crippen molar-refractivity contribution >= 4 is 5.97 Å². The fourth-order valence-electron chi connectivity index (χ4n) is 2.55. The minimum Gasteiger partial charge on any atom is -0.872 e. The van der Waals surface area contributed by atoms with E-state index in [4.69, 9.17) is 5.11 Å². The second kappa shape index (κ2) is 5.32. The number of carbonyl (C=O) groups is 1. The molecule has 106 valence electrons. The number of carboxylic acids is 1. The summed E-state index contributed by atoms with van der Waals surface area (Å²) < 4.78 is 0. The Hall–Kier alpha value is -2.38. The standard InChI is InChI=1S/C13H13N3O3.H2O/c17-12-7(2-1-3-8(12)13(18)19)10-11-9(4-5-14-10)15-6-16-11;/h1-3,6,10,14,17H,4-5H2,(H,15,16)(H,18,19);1H2/t10-;/m0./s1. The van der Waals surface area contributed by atoms with Crippen LogP contribution in [0.5, 0.6) is 5.75 Å². The van der Waals surface area contributed by atoms with Gasteiger partial charge in [-0.05, 0) is 6.07 Å². The first kappa shape index (κ1) is 14.0. The van der Waals surface area contributed by atoms with Crippen LogP contribution in [0.2, 0.25) is 0 Å². The Kier molecular flexibility index (Phi) is 3.73. The molecular weight excluding hydrogens is 262 g/mol. The molecule has 1 atom stereocenters. The first-order chi connectivity index (χ1) is 9.18. The molecule has 0 saturated carbocycles. The summed E-state index contributed by atoms with van der Waals surface area (Å²) in [6.45, 7) is 0.844. The van der Waals surface area contributed by atoms with Gasteiger partial charge in [-0.1, -0.05) is 17.9 Å². The van der Waals surface area contributed by atoms with E-state index >= 15 is 0 Å². The highest BCUT2D eigenvalue weighted by Crippen LogP contribution is 2.29. The van der Waals surface area contributed by atoms with E-state index < -0.39 is 11.7 Å². The third kappa shape index (κ3) is 2.13. The van der Waals surface area contributed by atoms with Gasteiger partial charge in [0.2, 0.25) is 0 Å². The van der Waals surface area contributed by atoms with Gasteiger partial charge in [0.15, 0.2) is 6.04 Å². The second-order valence-corrected chi connectivity index (χ2v) is 4.55. The fourth-order valence-corrected chi connectivity index (χ4v) is 2.55. The molecule has 1 aromatic carbocycles. The van der Waals surface area contributed by atoms with Gasteiger partial charge in [-0.2, -0.15) is 0 Å². The van der Waals surface area contributed by atoms with Crippen molar-refractivity contribution in [3.63, 3.8) is 0 Å². The molecule has 0 radical (unpaired) electrons. The molecule has 0 unspecified atom stereocenters. The van der Waals surface area contributed by atoms with Crippen molar-refractivity contribution in [2.75, 3.05) is 6.54 Å². The van der Waals surface area contributed by atoms with Crippen molar-refractivity contribution in [2.45, 2.75) is 12.5 Å². The van der Waals surface area contributed by atoms with Crippen LogP contribution in [0.1, 0.15) is 33.4 Å². The molecule has 6 N–H and O–H groups in total. The average molecular weight is 277 g/mol. The number of aromatic nitrogens is 2. The molecule has 1 aliphatic heterocycles. The predicted octanol–water partition coefficient (Wildman–Crippen LogP) is -1.43. The van der Waals surface area contributed by atoms with Gasteiger partial charge < -0.3 is 26.0 Å². The summed E-state index contributed by atoms with van der Waals surface area (Å²) in [7, 11) is 0. The number of benzene rings is 1. The minimum absolute atomic E-state index is 0. The Balaban J connectivity index is 0.00000147. The summed E-state index contributed by atoms with van der Waals surface area (Å²) in [6.07, 6.45) is 2.49. The van der Waals surface area contributed by atoms with E-state index in [9.17, 15) is 9.90 Å². The van der Waals surface area contributed by atoms with Gasteiger partial charge >= 0.3 is 5.97 Å². The highest BCUT2D eigenvalue weighted by atomic mass is 16.4. The molecule has 20 heavy (non-hydrogen) atoms. The maximum absolute atomic E-state index is 12.2. The molecule has 0 fully saturated rings. The second-order valence-electron chi connectivity index (χ2n) is 4.55. The number of rotatable bonds is 2. The molecule has 0 bridgehead atoms. The average Bonchev–Trinajstić information content (AvgIpc) is 2.87. The third-order valence-corrected chi connectivity index (χ3v) is 3.45. The molecular formula is C13H15N3O4. The number of para-hydroxylation sites is 1. The molecule has 2 aromatic rings. The summed E-state index contributed by atoms with van der Waals surface area (Å²) in [5.74, 6) is -1.61. The van der Waals surface area contributed by atoms with Crippen LogP contribution >= 0.6 is 0 Å². The summed E-state index contributed by atoms with van der Waals surface area (Å²) in [5.41, 5.74) is 2.14. The van der Waals surface area contributed by atoms with E-state index in [1.807, 2.05) is 5.32 Å². The Morgan fingerprint density at radius 3 is 3.05 bits per heavy atom. The molecule has 7 nitrogen and oxygen atoms in total. The van der Waals surface area contributed by atoms with Crippen molar-refractivity contribution in [3.8, 4) is 5.75 Å². The smallest absolute Gasteiger partial charge is 0.335 e. The van der Waals surface area contributed by atoms with Crippen LogP contribution in [-0.4, -0.2) is 33.1 Å². The molecule has 0 aliphatic carbocycles. The largest absolute Gasteiger partial charge is 0.872 e. The molecule has 2 heterocycles. The summed E-state index contributed by atoms with van der Waals surface area (Å²) in [5, 5.41) is 23.2. The van der Waals surface area contributed by atoms with Crippen molar-refractivity contribution < 1.29 is 25.8 Å². The molecule has 0 amide bonds. The van der Waals surface area contributed by atoms with E-state index in [-0.39, 0.29) is 17.1 Å². The van der Waals surface area contributed by atoms with Crippen molar-refractivity contribution in [1.82, 2.24) is 9.97 Å². The number of hydrogen-bond donors (Lipinski definition) is 3. The quantitative estimate of drug-likeness (QED) is 0.619. The predicted molar refractivity (Wildman–Crippen MR) is 67.4 cm³/mol. The minimum atomic E-state index is -1.19. The van der Waals surface area contributed by atoms with Gasteiger partial charge in [-0.3, -0.25) is 0 Å². The van der Waals surface area contributed by atoms with Crippen LogP contribution in [0.4, 0.5) is 0 Å². The zero-order chi connectivity index (χ0) is 13.4. The van der Waals surface area contributed by atoms with Crippen LogP contribution in [0, 0.1) is 0 Å². The number of imidazole rings is 1. The van der Waals surface area contributed by atoms with E-state index in [1.54, 1.807) is 18.5 Å². The lowest BCUT2D eigenvalue weighted by Crippen LogP contribution is -2.87. The van der Waals surface area contributed by atoms with Crippen LogP contribution in [0.25, 0.3) is 0 Å². The molecule has 7 heteroatoms. The number of quaternary nitrogens is 1. The molecule has 0 saturated heterocycles. The number of nitrogens with one attached hydrogen (secondary N) is 1. The number of fused-ring (bicyclic) bond motifs is 1. The summed E-state index contributed by atoms with van der Waals surface area (Å²) in [6, 6.07) is 4.40. The lowest BCUT2D eigenvalue weighted by Gasteiger charge is -2.25. The van der Waals surface area contributed by atoms with Crippen LogP contribution < -0.4 is 10.4 Å². The maximum atomic E-state index is 12.2. The van der Waals surface area contributed by atoms with Crippen LogP contribution in [-0.2, 0) is 6.42 Å².